The Kier molecular flexibility index (Phi) is 3.78. The molecule has 1 saturated heterocycles. The van der Waals surface area contributed by atoms with Gasteiger partial charge in [0.2, 0.25) is 0 Å². The van der Waals surface area contributed by atoms with Gasteiger partial charge in [0.25, 0.3) is 0 Å². The normalized spacial score (nSPS) is 42.9. The lowest BCUT2D eigenvalue weighted by molar-refractivity contribution is -0.0418. The summed E-state index contributed by atoms with van der Waals surface area (Å²) in [5.41, 5.74) is 3.02. The van der Waals surface area contributed by atoms with E-state index < -0.39 is 0 Å². The summed E-state index contributed by atoms with van der Waals surface area (Å²) in [6, 6.07) is 23.2. The molecule has 0 amide bonds. The predicted molar refractivity (Wildman–Crippen MR) is 113 cm³/mol. The highest BCUT2D eigenvalue weighted by atomic mass is 32.2. The Morgan fingerprint density at radius 2 is 1.26 bits per heavy atom. The zero-order valence-electron chi connectivity index (χ0n) is 16.1. The minimum absolute atomic E-state index is 0.407. The third-order valence-electron chi connectivity index (χ3n) is 8.13. The molecule has 2 heteroatoms. The first kappa shape index (κ1) is 16.7. The van der Waals surface area contributed by atoms with Gasteiger partial charge < -0.3 is 0 Å². The standard InChI is InChI=1S/C25H29NS/c1-26-23(19-8-4-2-5-9-19)25(27-24(26)20-10-6-3-7-11-20)21-13-17-12-18(15-21)16-22(25)14-17/h2-11,17-18,21-24H,12-16H2,1H3. The highest BCUT2D eigenvalue weighted by Gasteiger charge is 2.65. The quantitative estimate of drug-likeness (QED) is 0.606. The zero-order valence-corrected chi connectivity index (χ0v) is 16.9. The van der Waals surface area contributed by atoms with Crippen LogP contribution in [-0.2, 0) is 0 Å². The van der Waals surface area contributed by atoms with E-state index in [4.69, 9.17) is 0 Å². The largest absolute Gasteiger partial charge is 0.282 e. The highest BCUT2D eigenvalue weighted by Crippen LogP contribution is 2.73. The fraction of sp³-hybridized carbons (Fsp3) is 0.520. The molecular weight excluding hydrogens is 346 g/mol. The second-order valence-electron chi connectivity index (χ2n) is 9.52. The number of thioether (sulfide) groups is 1. The number of nitrogens with zero attached hydrogens (tertiary/aromatic N) is 1. The fourth-order valence-corrected chi connectivity index (χ4v) is 9.58. The van der Waals surface area contributed by atoms with Crippen LogP contribution >= 0.6 is 11.8 Å². The first-order chi connectivity index (χ1) is 13.3. The average molecular weight is 376 g/mol. The minimum atomic E-state index is 0.407. The maximum Gasteiger partial charge on any atom is 0.0823 e. The molecule has 5 aliphatic rings. The van der Waals surface area contributed by atoms with Crippen molar-refractivity contribution in [2.24, 2.45) is 23.7 Å². The van der Waals surface area contributed by atoms with Crippen molar-refractivity contribution in [3.8, 4) is 0 Å². The lowest BCUT2D eigenvalue weighted by Gasteiger charge is -2.61. The van der Waals surface area contributed by atoms with Crippen LogP contribution in [0, 0.1) is 23.7 Å². The predicted octanol–water partition coefficient (Wildman–Crippen LogP) is 6.30. The van der Waals surface area contributed by atoms with Crippen LogP contribution in [0.2, 0.25) is 0 Å². The van der Waals surface area contributed by atoms with Crippen LogP contribution in [0.1, 0.15) is 54.6 Å². The third kappa shape index (κ3) is 2.36. The molecule has 1 spiro atoms. The van der Waals surface area contributed by atoms with E-state index in [1.807, 2.05) is 0 Å². The van der Waals surface area contributed by atoms with Gasteiger partial charge in [-0.2, -0.15) is 0 Å². The Morgan fingerprint density at radius 1 is 0.741 bits per heavy atom. The van der Waals surface area contributed by atoms with Crippen molar-refractivity contribution in [2.45, 2.75) is 48.3 Å². The molecule has 1 heterocycles. The van der Waals surface area contributed by atoms with Crippen LogP contribution in [0.15, 0.2) is 60.7 Å². The SMILES string of the molecule is CN1C(c2ccccc2)SC2(C3CC4CC(C3)CC2C4)C1c1ccccc1. The summed E-state index contributed by atoms with van der Waals surface area (Å²) in [6.45, 7) is 0. The number of hydrogen-bond acceptors (Lipinski definition) is 2. The van der Waals surface area contributed by atoms with Crippen LogP contribution in [0.4, 0.5) is 0 Å². The second kappa shape index (κ2) is 6.12. The maximum atomic E-state index is 2.72. The monoisotopic (exact) mass is 375 g/mol. The molecule has 0 radical (unpaired) electrons. The van der Waals surface area contributed by atoms with Crippen LogP contribution < -0.4 is 0 Å². The average Bonchev–Trinajstić information content (AvgIpc) is 3.01. The number of benzene rings is 2. The van der Waals surface area contributed by atoms with Gasteiger partial charge in [0.1, 0.15) is 0 Å². The minimum Gasteiger partial charge on any atom is -0.282 e. The Hall–Kier alpha value is -1.25. The molecule has 140 valence electrons. The molecule has 2 aromatic rings. The Labute approximate surface area is 167 Å². The van der Waals surface area contributed by atoms with E-state index in [-0.39, 0.29) is 0 Å². The molecule has 1 nitrogen and oxygen atoms in total. The lowest BCUT2D eigenvalue weighted by atomic mass is 9.49. The molecule has 2 atom stereocenters. The van der Waals surface area contributed by atoms with Gasteiger partial charge in [-0.15, -0.1) is 11.8 Å². The van der Waals surface area contributed by atoms with Crippen molar-refractivity contribution >= 4 is 11.8 Å². The smallest absolute Gasteiger partial charge is 0.0823 e. The molecule has 5 fully saturated rings. The Balaban J connectivity index is 1.49. The molecule has 2 unspecified atom stereocenters. The maximum absolute atomic E-state index is 2.72. The van der Waals surface area contributed by atoms with Gasteiger partial charge in [-0.3, -0.25) is 4.90 Å². The van der Waals surface area contributed by atoms with E-state index in [9.17, 15) is 0 Å². The molecule has 0 N–H and O–H groups in total. The van der Waals surface area contributed by atoms with E-state index >= 15 is 0 Å². The first-order valence-corrected chi connectivity index (χ1v) is 11.6. The number of hydrogen-bond donors (Lipinski definition) is 0. The third-order valence-corrected chi connectivity index (χ3v) is 10.3. The van der Waals surface area contributed by atoms with Crippen LogP contribution in [0.5, 0.6) is 0 Å². The first-order valence-electron chi connectivity index (χ1n) is 10.8. The van der Waals surface area contributed by atoms with Gasteiger partial charge in [0.15, 0.2) is 0 Å². The molecule has 7 rings (SSSR count). The second-order valence-corrected chi connectivity index (χ2v) is 10.9. The molecule has 4 bridgehead atoms. The molecule has 4 aliphatic carbocycles. The van der Waals surface area contributed by atoms with E-state index in [0.717, 1.165) is 23.7 Å². The zero-order chi connectivity index (χ0) is 18.0. The summed E-state index contributed by atoms with van der Waals surface area (Å²) >= 11 is 2.34. The summed E-state index contributed by atoms with van der Waals surface area (Å²) in [6.07, 6.45) is 7.47. The molecule has 27 heavy (non-hydrogen) atoms. The van der Waals surface area contributed by atoms with Crippen molar-refractivity contribution in [1.29, 1.82) is 0 Å². The van der Waals surface area contributed by atoms with Gasteiger partial charge in [-0.05, 0) is 74.0 Å². The number of rotatable bonds is 2. The van der Waals surface area contributed by atoms with Crippen molar-refractivity contribution in [1.82, 2.24) is 4.90 Å². The van der Waals surface area contributed by atoms with E-state index in [1.54, 1.807) is 5.56 Å². The molecule has 4 saturated carbocycles. The summed E-state index contributed by atoms with van der Waals surface area (Å²) in [7, 11) is 2.39. The van der Waals surface area contributed by atoms with Gasteiger partial charge >= 0.3 is 0 Å². The van der Waals surface area contributed by atoms with Gasteiger partial charge in [0, 0.05) is 4.75 Å². The van der Waals surface area contributed by atoms with E-state index in [0.29, 0.717) is 16.2 Å². The van der Waals surface area contributed by atoms with Crippen LogP contribution in [0.3, 0.4) is 0 Å². The Bertz CT molecular complexity index is 789. The summed E-state index contributed by atoms with van der Waals surface area (Å²) in [4.78, 5) is 2.72. The summed E-state index contributed by atoms with van der Waals surface area (Å²) < 4.78 is 0.407. The van der Waals surface area contributed by atoms with Crippen molar-refractivity contribution in [3.05, 3.63) is 71.8 Å². The molecular formula is C25H29NS. The van der Waals surface area contributed by atoms with E-state index in [1.165, 1.54) is 37.7 Å². The van der Waals surface area contributed by atoms with Crippen LogP contribution in [-0.4, -0.2) is 16.7 Å². The molecule has 1 aliphatic heterocycles. The molecule has 0 aromatic heterocycles. The van der Waals surface area contributed by atoms with Gasteiger partial charge in [0.05, 0.1) is 11.4 Å². The van der Waals surface area contributed by atoms with E-state index in [2.05, 4.69) is 84.4 Å². The summed E-state index contributed by atoms with van der Waals surface area (Å²) in [5, 5.41) is 0.480. The van der Waals surface area contributed by atoms with Crippen LogP contribution in [0.25, 0.3) is 0 Å². The fourth-order valence-electron chi connectivity index (χ4n) is 7.41. The van der Waals surface area contributed by atoms with Crippen molar-refractivity contribution < 1.29 is 0 Å². The summed E-state index contributed by atoms with van der Waals surface area (Å²) in [5.74, 6) is 3.85. The van der Waals surface area contributed by atoms with Crippen molar-refractivity contribution in [2.75, 3.05) is 7.05 Å². The lowest BCUT2D eigenvalue weighted by Crippen LogP contribution is -2.58. The Morgan fingerprint density at radius 3 is 1.81 bits per heavy atom. The topological polar surface area (TPSA) is 3.24 Å². The highest BCUT2D eigenvalue weighted by molar-refractivity contribution is 8.01. The van der Waals surface area contributed by atoms with Gasteiger partial charge in [-0.1, -0.05) is 60.7 Å². The molecule has 2 aromatic carbocycles. The van der Waals surface area contributed by atoms with Gasteiger partial charge in [-0.25, -0.2) is 0 Å². The van der Waals surface area contributed by atoms with Crippen molar-refractivity contribution in [3.63, 3.8) is 0 Å².